The summed E-state index contributed by atoms with van der Waals surface area (Å²) < 4.78 is 16.7. The van der Waals surface area contributed by atoms with Gasteiger partial charge in [0, 0.05) is 15.6 Å². The largest absolute Gasteiger partial charge is 0.485 e. The van der Waals surface area contributed by atoms with E-state index in [1.165, 1.54) is 0 Å². The lowest BCUT2D eigenvalue weighted by Crippen LogP contribution is -2.61. The molecule has 0 atom stereocenters. The number of hydrogen-bond acceptors (Lipinski definition) is 6. The van der Waals surface area contributed by atoms with Gasteiger partial charge in [0.1, 0.15) is 11.5 Å². The number of halogens is 2. The highest BCUT2D eigenvalue weighted by Gasteiger charge is 2.53. The molecule has 1 aromatic heterocycles. The van der Waals surface area contributed by atoms with E-state index in [9.17, 15) is 4.79 Å². The van der Waals surface area contributed by atoms with Crippen LogP contribution >= 0.6 is 23.2 Å². The van der Waals surface area contributed by atoms with E-state index >= 15 is 0 Å². The number of aromatic nitrogens is 2. The summed E-state index contributed by atoms with van der Waals surface area (Å²) in [6.45, 7) is 4.14. The van der Waals surface area contributed by atoms with E-state index in [1.54, 1.807) is 48.5 Å². The molecule has 1 amide bonds. The molecule has 9 heteroatoms. The van der Waals surface area contributed by atoms with Crippen LogP contribution < -0.4 is 14.8 Å². The molecule has 1 N–H and O–H groups in total. The quantitative estimate of drug-likeness (QED) is 0.495. The van der Waals surface area contributed by atoms with Crippen molar-refractivity contribution in [2.45, 2.75) is 44.2 Å². The molecule has 7 nitrogen and oxygen atoms in total. The predicted octanol–water partition coefficient (Wildman–Crippen LogP) is 4.96. The van der Waals surface area contributed by atoms with Gasteiger partial charge in [-0.3, -0.25) is 4.79 Å². The zero-order chi connectivity index (χ0) is 22.8. The van der Waals surface area contributed by atoms with Gasteiger partial charge >= 0.3 is 0 Å². The zero-order valence-corrected chi connectivity index (χ0v) is 19.2. The van der Waals surface area contributed by atoms with Crippen LogP contribution in [0.25, 0.3) is 0 Å². The highest BCUT2D eigenvalue weighted by molar-refractivity contribution is 6.30. The van der Waals surface area contributed by atoms with Crippen LogP contribution in [0.2, 0.25) is 10.0 Å². The maximum atomic E-state index is 12.4. The number of carbonyl (C=O) groups is 1. The van der Waals surface area contributed by atoms with Gasteiger partial charge in [-0.2, -0.15) is 4.98 Å². The van der Waals surface area contributed by atoms with Gasteiger partial charge in [0.15, 0.2) is 13.2 Å². The molecule has 2 aromatic carbocycles. The van der Waals surface area contributed by atoms with Crippen LogP contribution in [-0.2, 0) is 16.8 Å². The van der Waals surface area contributed by atoms with Gasteiger partial charge < -0.3 is 19.3 Å². The number of benzene rings is 2. The first-order chi connectivity index (χ1) is 15.2. The number of rotatable bonds is 8. The molecule has 1 aliphatic rings. The van der Waals surface area contributed by atoms with E-state index < -0.39 is 0 Å². The standard InChI is InChI=1S/C23H23Cl2N3O4/c1-22(21-26-19(28-32-21)11-30-17-8-6-15(24)7-9-17)13-23(2,14-22)27-20(29)12-31-18-5-3-4-16(25)10-18/h3-10H,11-14H2,1-2H3,(H,27,29). The van der Waals surface area contributed by atoms with Crippen molar-refractivity contribution in [1.29, 1.82) is 0 Å². The third kappa shape index (κ3) is 5.34. The lowest BCUT2D eigenvalue weighted by atomic mass is 9.59. The normalized spacial score (nSPS) is 22.1. The topological polar surface area (TPSA) is 86.5 Å². The third-order valence-corrected chi connectivity index (χ3v) is 5.82. The second-order valence-corrected chi connectivity index (χ2v) is 9.40. The summed E-state index contributed by atoms with van der Waals surface area (Å²) in [5.41, 5.74) is -0.695. The minimum absolute atomic E-state index is 0.0839. The van der Waals surface area contributed by atoms with Crippen LogP contribution in [0.4, 0.5) is 0 Å². The van der Waals surface area contributed by atoms with Gasteiger partial charge in [0.25, 0.3) is 5.91 Å². The Morgan fingerprint density at radius 3 is 2.53 bits per heavy atom. The highest BCUT2D eigenvalue weighted by Crippen LogP contribution is 2.49. The van der Waals surface area contributed by atoms with Crippen molar-refractivity contribution in [1.82, 2.24) is 15.5 Å². The first-order valence-electron chi connectivity index (χ1n) is 10.1. The molecule has 1 saturated carbocycles. The minimum Gasteiger partial charge on any atom is -0.485 e. The molecule has 1 fully saturated rings. The molecule has 0 radical (unpaired) electrons. The molecule has 0 unspecified atom stereocenters. The number of nitrogens with one attached hydrogen (secondary N) is 1. The van der Waals surface area contributed by atoms with Crippen molar-refractivity contribution in [3.63, 3.8) is 0 Å². The van der Waals surface area contributed by atoms with Gasteiger partial charge in [0.2, 0.25) is 11.7 Å². The third-order valence-electron chi connectivity index (χ3n) is 5.33. The fourth-order valence-corrected chi connectivity index (χ4v) is 4.53. The summed E-state index contributed by atoms with van der Waals surface area (Å²) in [4.78, 5) is 16.8. The maximum Gasteiger partial charge on any atom is 0.258 e. The van der Waals surface area contributed by atoms with E-state index in [2.05, 4.69) is 15.5 Å². The van der Waals surface area contributed by atoms with Gasteiger partial charge in [-0.25, -0.2) is 0 Å². The van der Waals surface area contributed by atoms with Crippen molar-refractivity contribution >= 4 is 29.1 Å². The Hall–Kier alpha value is -2.77. The van der Waals surface area contributed by atoms with Crippen LogP contribution in [0, 0.1) is 0 Å². The van der Waals surface area contributed by atoms with Crippen molar-refractivity contribution in [3.05, 3.63) is 70.3 Å². The van der Waals surface area contributed by atoms with Crippen LogP contribution in [0.1, 0.15) is 38.4 Å². The maximum absolute atomic E-state index is 12.4. The Morgan fingerprint density at radius 1 is 1.06 bits per heavy atom. The van der Waals surface area contributed by atoms with E-state index in [-0.39, 0.29) is 30.1 Å². The molecule has 0 spiro atoms. The molecule has 3 aromatic rings. The summed E-state index contributed by atoms with van der Waals surface area (Å²) in [6, 6.07) is 14.0. The molecular formula is C23H23Cl2N3O4. The zero-order valence-electron chi connectivity index (χ0n) is 17.7. The second-order valence-electron chi connectivity index (χ2n) is 8.53. The second kappa shape index (κ2) is 9.00. The Kier molecular flexibility index (Phi) is 6.31. The SMILES string of the molecule is CC1(NC(=O)COc2cccc(Cl)c2)CC(C)(c2nc(COc3ccc(Cl)cc3)no2)C1. The highest BCUT2D eigenvalue weighted by atomic mass is 35.5. The Balaban J connectivity index is 1.27. The average molecular weight is 476 g/mol. The van der Waals surface area contributed by atoms with Crippen molar-refractivity contribution in [2.24, 2.45) is 0 Å². The smallest absolute Gasteiger partial charge is 0.258 e. The van der Waals surface area contributed by atoms with E-state index in [0.29, 0.717) is 46.1 Å². The van der Waals surface area contributed by atoms with Gasteiger partial charge in [-0.05, 0) is 62.2 Å². The summed E-state index contributed by atoms with van der Waals surface area (Å²) in [7, 11) is 0. The van der Waals surface area contributed by atoms with Crippen molar-refractivity contribution in [3.8, 4) is 11.5 Å². The molecule has 1 aliphatic carbocycles. The Morgan fingerprint density at radius 2 is 1.81 bits per heavy atom. The van der Waals surface area contributed by atoms with E-state index in [1.807, 2.05) is 13.8 Å². The number of amides is 1. The summed E-state index contributed by atoms with van der Waals surface area (Å²) in [5, 5.41) is 8.26. The van der Waals surface area contributed by atoms with Gasteiger partial charge in [0.05, 0.1) is 5.41 Å². The molecule has 1 heterocycles. The number of nitrogens with zero attached hydrogens (tertiary/aromatic N) is 2. The summed E-state index contributed by atoms with van der Waals surface area (Å²) >= 11 is 11.8. The van der Waals surface area contributed by atoms with Crippen LogP contribution in [0.15, 0.2) is 53.1 Å². The lowest BCUT2D eigenvalue weighted by Gasteiger charge is -2.51. The monoisotopic (exact) mass is 475 g/mol. The minimum atomic E-state index is -0.377. The Labute approximate surface area is 196 Å². The fourth-order valence-electron chi connectivity index (χ4n) is 4.22. The van der Waals surface area contributed by atoms with Crippen molar-refractivity contribution < 1.29 is 18.8 Å². The molecule has 0 bridgehead atoms. The van der Waals surface area contributed by atoms with Gasteiger partial charge in [-0.1, -0.05) is 41.3 Å². The van der Waals surface area contributed by atoms with Crippen LogP contribution in [0.3, 0.4) is 0 Å². The summed E-state index contributed by atoms with van der Waals surface area (Å²) in [6.07, 6.45) is 1.34. The first-order valence-corrected chi connectivity index (χ1v) is 10.9. The summed E-state index contributed by atoms with van der Waals surface area (Å²) in [5.74, 6) is 2.02. The first kappa shape index (κ1) is 22.4. The van der Waals surface area contributed by atoms with Crippen LogP contribution in [0.5, 0.6) is 11.5 Å². The van der Waals surface area contributed by atoms with Crippen LogP contribution in [-0.4, -0.2) is 28.2 Å². The molecule has 0 saturated heterocycles. The number of hydrogen-bond donors (Lipinski definition) is 1. The van der Waals surface area contributed by atoms with E-state index in [0.717, 1.165) is 0 Å². The molecule has 4 rings (SSSR count). The number of carbonyl (C=O) groups excluding carboxylic acids is 1. The predicted molar refractivity (Wildman–Crippen MR) is 120 cm³/mol. The number of ether oxygens (including phenoxy) is 2. The average Bonchev–Trinajstić information content (AvgIpc) is 3.20. The van der Waals surface area contributed by atoms with E-state index in [4.69, 9.17) is 37.2 Å². The lowest BCUT2D eigenvalue weighted by molar-refractivity contribution is -0.127. The fraction of sp³-hybridized carbons (Fsp3) is 0.348. The van der Waals surface area contributed by atoms with Gasteiger partial charge in [-0.15, -0.1) is 0 Å². The molecule has 168 valence electrons. The molecule has 0 aliphatic heterocycles. The molecular weight excluding hydrogens is 453 g/mol. The Bertz CT molecular complexity index is 1090. The van der Waals surface area contributed by atoms with Crippen molar-refractivity contribution in [2.75, 3.05) is 6.61 Å². The molecule has 32 heavy (non-hydrogen) atoms.